The van der Waals surface area contributed by atoms with Crippen molar-refractivity contribution in [2.45, 2.75) is 11.1 Å². The van der Waals surface area contributed by atoms with Gasteiger partial charge in [-0.15, -0.1) is 0 Å². The van der Waals surface area contributed by atoms with E-state index in [2.05, 4.69) is 10.0 Å². The molecule has 0 heterocycles. The van der Waals surface area contributed by atoms with Gasteiger partial charge in [-0.25, -0.2) is 12.8 Å². The van der Waals surface area contributed by atoms with Gasteiger partial charge in [0.15, 0.2) is 0 Å². The Hall–Kier alpha value is -3.40. The number of anilines is 2. The van der Waals surface area contributed by atoms with Crippen molar-refractivity contribution in [3.8, 4) is 0 Å². The Morgan fingerprint density at radius 1 is 0.833 bits per heavy atom. The number of hydrogen-bond donors (Lipinski definition) is 2. The van der Waals surface area contributed by atoms with Crippen LogP contribution in [0.3, 0.4) is 0 Å². The minimum Gasteiger partial charge on any atom is -0.322 e. The summed E-state index contributed by atoms with van der Waals surface area (Å²) in [4.78, 5) is 12.0. The molecule has 10 heteroatoms. The van der Waals surface area contributed by atoms with Gasteiger partial charge in [-0.3, -0.25) is 9.52 Å². The molecule has 0 fully saturated rings. The fourth-order valence-corrected chi connectivity index (χ4v) is 3.61. The number of nitrogens with one attached hydrogen (secondary N) is 2. The molecule has 1 amide bonds. The fourth-order valence-electron chi connectivity index (χ4n) is 2.51. The maximum atomic E-state index is 13.0. The highest BCUT2D eigenvalue weighted by molar-refractivity contribution is 7.92. The second kappa shape index (κ2) is 8.15. The molecular formula is C20H14F4N2O3S. The maximum absolute atomic E-state index is 13.0. The average molecular weight is 438 g/mol. The van der Waals surface area contributed by atoms with Crippen LogP contribution in [0.1, 0.15) is 15.9 Å². The van der Waals surface area contributed by atoms with E-state index in [0.29, 0.717) is 11.8 Å². The third-order valence-corrected chi connectivity index (χ3v) is 5.33. The van der Waals surface area contributed by atoms with Gasteiger partial charge in [0.05, 0.1) is 10.5 Å². The SMILES string of the molecule is O=C(Nc1ccc(F)cc1)c1cccc(S(=O)(=O)Nc2cccc(C(F)(F)F)c2)c1. The summed E-state index contributed by atoms with van der Waals surface area (Å²) in [5.41, 5.74) is -0.982. The van der Waals surface area contributed by atoms with Gasteiger partial charge in [0.1, 0.15) is 5.82 Å². The number of alkyl halides is 3. The van der Waals surface area contributed by atoms with Crippen LogP contribution in [0.15, 0.2) is 77.7 Å². The van der Waals surface area contributed by atoms with Gasteiger partial charge in [0.25, 0.3) is 15.9 Å². The van der Waals surface area contributed by atoms with Crippen LogP contribution < -0.4 is 10.0 Å². The summed E-state index contributed by atoms with van der Waals surface area (Å²) in [6.45, 7) is 0. The smallest absolute Gasteiger partial charge is 0.322 e. The molecule has 0 aliphatic carbocycles. The molecule has 0 aliphatic rings. The van der Waals surface area contributed by atoms with Crippen LogP contribution in [0.5, 0.6) is 0 Å². The molecule has 0 bridgehead atoms. The molecule has 0 unspecified atom stereocenters. The first kappa shape index (κ1) is 21.3. The van der Waals surface area contributed by atoms with E-state index >= 15 is 0 Å². The van der Waals surface area contributed by atoms with E-state index in [-0.39, 0.29) is 16.1 Å². The molecule has 0 spiro atoms. The van der Waals surface area contributed by atoms with Crippen LogP contribution in [0, 0.1) is 5.82 Å². The summed E-state index contributed by atoms with van der Waals surface area (Å²) in [7, 11) is -4.26. The van der Waals surface area contributed by atoms with E-state index in [1.54, 1.807) is 0 Å². The normalized spacial score (nSPS) is 11.7. The Balaban J connectivity index is 1.82. The predicted molar refractivity (Wildman–Crippen MR) is 103 cm³/mol. The lowest BCUT2D eigenvalue weighted by atomic mass is 10.2. The third kappa shape index (κ3) is 5.15. The zero-order valence-electron chi connectivity index (χ0n) is 15.1. The molecule has 5 nitrogen and oxygen atoms in total. The lowest BCUT2D eigenvalue weighted by Gasteiger charge is -2.12. The molecule has 2 N–H and O–H groups in total. The Labute approximate surface area is 169 Å². The van der Waals surface area contributed by atoms with Crippen molar-refractivity contribution >= 4 is 27.3 Å². The molecular weight excluding hydrogens is 424 g/mol. The molecule has 3 aromatic rings. The molecule has 156 valence electrons. The Kier molecular flexibility index (Phi) is 5.79. The summed E-state index contributed by atoms with van der Waals surface area (Å²) in [6, 6.07) is 13.7. The van der Waals surface area contributed by atoms with Crippen molar-refractivity contribution in [1.82, 2.24) is 0 Å². The highest BCUT2D eigenvalue weighted by atomic mass is 32.2. The first-order chi connectivity index (χ1) is 14.0. The maximum Gasteiger partial charge on any atom is 0.416 e. The van der Waals surface area contributed by atoms with E-state index in [9.17, 15) is 30.8 Å². The Morgan fingerprint density at radius 3 is 2.17 bits per heavy atom. The zero-order chi connectivity index (χ0) is 21.9. The molecule has 0 aromatic heterocycles. The van der Waals surface area contributed by atoms with Gasteiger partial charge in [-0.1, -0.05) is 12.1 Å². The van der Waals surface area contributed by atoms with E-state index in [1.165, 1.54) is 36.4 Å². The lowest BCUT2D eigenvalue weighted by Crippen LogP contribution is -2.16. The summed E-state index contributed by atoms with van der Waals surface area (Å²) < 4.78 is 78.6. The Bertz CT molecular complexity index is 1180. The van der Waals surface area contributed by atoms with Crippen LogP contribution in [-0.4, -0.2) is 14.3 Å². The fraction of sp³-hybridized carbons (Fsp3) is 0.0500. The molecule has 3 rings (SSSR count). The minimum absolute atomic E-state index is 0.00811. The van der Waals surface area contributed by atoms with Crippen molar-refractivity contribution < 1.29 is 30.8 Å². The van der Waals surface area contributed by atoms with Crippen LogP contribution in [0.25, 0.3) is 0 Å². The summed E-state index contributed by atoms with van der Waals surface area (Å²) in [5.74, 6) is -1.13. The van der Waals surface area contributed by atoms with Gasteiger partial charge < -0.3 is 5.32 Å². The van der Waals surface area contributed by atoms with Crippen LogP contribution in [-0.2, 0) is 16.2 Å². The zero-order valence-corrected chi connectivity index (χ0v) is 15.9. The third-order valence-electron chi connectivity index (χ3n) is 3.95. The molecule has 0 atom stereocenters. The van der Waals surface area contributed by atoms with Gasteiger partial charge in [0, 0.05) is 16.9 Å². The molecule has 0 saturated heterocycles. The van der Waals surface area contributed by atoms with Gasteiger partial charge in [-0.05, 0) is 60.7 Å². The molecule has 0 radical (unpaired) electrons. The van der Waals surface area contributed by atoms with E-state index < -0.39 is 33.5 Å². The second-order valence-electron chi connectivity index (χ2n) is 6.17. The molecule has 0 aliphatic heterocycles. The van der Waals surface area contributed by atoms with Crippen molar-refractivity contribution in [2.75, 3.05) is 10.0 Å². The van der Waals surface area contributed by atoms with Crippen molar-refractivity contribution in [3.63, 3.8) is 0 Å². The average Bonchev–Trinajstić information content (AvgIpc) is 2.69. The quantitative estimate of drug-likeness (QED) is 0.557. The minimum atomic E-state index is -4.63. The van der Waals surface area contributed by atoms with Gasteiger partial charge in [-0.2, -0.15) is 13.2 Å². The monoisotopic (exact) mass is 438 g/mol. The predicted octanol–water partition coefficient (Wildman–Crippen LogP) is 4.90. The summed E-state index contributed by atoms with van der Waals surface area (Å²) in [6.07, 6.45) is -4.63. The van der Waals surface area contributed by atoms with Crippen LogP contribution in [0.4, 0.5) is 28.9 Å². The largest absolute Gasteiger partial charge is 0.416 e. The Morgan fingerprint density at radius 2 is 1.50 bits per heavy atom. The number of rotatable bonds is 5. The number of sulfonamides is 1. The van der Waals surface area contributed by atoms with Crippen molar-refractivity contribution in [3.05, 3.63) is 89.7 Å². The van der Waals surface area contributed by atoms with Crippen molar-refractivity contribution in [1.29, 1.82) is 0 Å². The molecule has 30 heavy (non-hydrogen) atoms. The number of carbonyl (C=O) groups excluding carboxylic acids is 1. The van der Waals surface area contributed by atoms with E-state index in [0.717, 1.165) is 30.3 Å². The van der Waals surface area contributed by atoms with E-state index in [1.807, 2.05) is 0 Å². The number of halogens is 4. The number of amides is 1. The lowest BCUT2D eigenvalue weighted by molar-refractivity contribution is -0.137. The number of carbonyl (C=O) groups is 1. The van der Waals surface area contributed by atoms with E-state index in [4.69, 9.17) is 0 Å². The first-order valence-electron chi connectivity index (χ1n) is 8.42. The van der Waals surface area contributed by atoms with Crippen LogP contribution in [0.2, 0.25) is 0 Å². The number of hydrogen-bond acceptors (Lipinski definition) is 3. The standard InChI is InChI=1S/C20H14F4N2O3S/c21-15-7-9-16(10-8-15)25-19(27)13-3-1-6-18(11-13)30(28,29)26-17-5-2-4-14(12-17)20(22,23)24/h1-12,26H,(H,25,27). The van der Waals surface area contributed by atoms with Crippen molar-refractivity contribution in [2.24, 2.45) is 0 Å². The summed E-state index contributed by atoms with van der Waals surface area (Å²) in [5, 5.41) is 2.49. The topological polar surface area (TPSA) is 75.3 Å². The molecule has 0 saturated carbocycles. The highest BCUT2D eigenvalue weighted by Gasteiger charge is 2.30. The van der Waals surface area contributed by atoms with Gasteiger partial charge >= 0.3 is 6.18 Å². The van der Waals surface area contributed by atoms with Crippen LogP contribution >= 0.6 is 0 Å². The first-order valence-corrected chi connectivity index (χ1v) is 9.90. The second-order valence-corrected chi connectivity index (χ2v) is 7.86. The summed E-state index contributed by atoms with van der Waals surface area (Å²) >= 11 is 0. The number of benzene rings is 3. The van der Waals surface area contributed by atoms with Gasteiger partial charge in [0.2, 0.25) is 0 Å². The highest BCUT2D eigenvalue weighted by Crippen LogP contribution is 2.31. The molecule has 3 aromatic carbocycles.